The Morgan fingerprint density at radius 1 is 1.30 bits per heavy atom. The molecule has 1 aromatic rings. The van der Waals surface area contributed by atoms with Crippen LogP contribution in [0.5, 0.6) is 0 Å². The lowest BCUT2D eigenvalue weighted by Crippen LogP contribution is -2.37. The molecule has 7 heteroatoms. The van der Waals surface area contributed by atoms with E-state index in [1.807, 2.05) is 36.9 Å². The monoisotopic (exact) mass is 352 g/mol. The normalized spacial score (nSPS) is 27.4. The number of hydrogen-bond acceptors (Lipinski definition) is 4. The fourth-order valence-corrected chi connectivity index (χ4v) is 6.86. The zero-order chi connectivity index (χ0) is 16.8. The largest absolute Gasteiger partial charge is 0.316 e. The number of carbonyl (C=O) groups is 1. The molecule has 0 N–H and O–H groups in total. The van der Waals surface area contributed by atoms with E-state index in [9.17, 15) is 13.2 Å². The number of aliphatic imine (C=N–C) groups is 1. The van der Waals surface area contributed by atoms with E-state index in [1.54, 1.807) is 6.92 Å². The van der Waals surface area contributed by atoms with Gasteiger partial charge in [0.05, 0.1) is 17.5 Å². The highest BCUT2D eigenvalue weighted by molar-refractivity contribution is 8.16. The highest BCUT2D eigenvalue weighted by Crippen LogP contribution is 2.41. The molecule has 1 aromatic carbocycles. The van der Waals surface area contributed by atoms with E-state index in [2.05, 4.69) is 4.99 Å². The fraction of sp³-hybridized carbons (Fsp3) is 0.500. The molecule has 0 spiro atoms. The van der Waals surface area contributed by atoms with E-state index in [0.29, 0.717) is 11.6 Å². The summed E-state index contributed by atoms with van der Waals surface area (Å²) < 4.78 is 24.0. The molecular weight excluding hydrogens is 332 g/mol. The van der Waals surface area contributed by atoms with Crippen LogP contribution < -0.4 is 4.90 Å². The van der Waals surface area contributed by atoms with Gasteiger partial charge < -0.3 is 4.90 Å². The predicted molar refractivity (Wildman–Crippen MR) is 94.9 cm³/mol. The summed E-state index contributed by atoms with van der Waals surface area (Å²) in [5, 5.41) is 0.579. The summed E-state index contributed by atoms with van der Waals surface area (Å²) in [6.45, 7) is 5.84. The first-order chi connectivity index (χ1) is 10.8. The van der Waals surface area contributed by atoms with Crippen LogP contribution in [0.3, 0.4) is 0 Å². The third-order valence-electron chi connectivity index (χ3n) is 4.36. The van der Waals surface area contributed by atoms with Crippen molar-refractivity contribution in [1.82, 2.24) is 0 Å². The first-order valence-corrected chi connectivity index (χ1v) is 10.4. The van der Waals surface area contributed by atoms with E-state index in [0.717, 1.165) is 11.3 Å². The molecule has 3 rings (SSSR count). The molecule has 2 fully saturated rings. The Morgan fingerprint density at radius 3 is 2.70 bits per heavy atom. The number of fused-ring (bicyclic) bond motifs is 1. The maximum atomic E-state index is 12.0. The molecule has 2 atom stereocenters. The number of amides is 1. The number of thioether (sulfide) groups is 1. The molecule has 0 aliphatic carbocycles. The van der Waals surface area contributed by atoms with Gasteiger partial charge in [-0.3, -0.25) is 4.79 Å². The summed E-state index contributed by atoms with van der Waals surface area (Å²) >= 11 is 1.42. The van der Waals surface area contributed by atoms with Crippen molar-refractivity contribution in [3.05, 3.63) is 29.3 Å². The van der Waals surface area contributed by atoms with Gasteiger partial charge in [0.2, 0.25) is 5.91 Å². The molecular formula is C16H20N2O3S2. The Hall–Kier alpha value is -1.34. The highest BCUT2D eigenvalue weighted by Gasteiger charge is 2.49. The summed E-state index contributed by atoms with van der Waals surface area (Å²) in [6, 6.07) is 5.89. The number of aryl methyl sites for hydroxylation is 2. The minimum atomic E-state index is -3.02. The van der Waals surface area contributed by atoms with Crippen LogP contribution in [0.25, 0.3) is 0 Å². The van der Waals surface area contributed by atoms with Crippen LogP contribution in [0.4, 0.5) is 5.69 Å². The Bertz CT molecular complexity index is 787. The SMILES string of the molecule is CCC(=O)N=C1S[C@H]2CS(=O)(=O)C[C@H]2N1c1ccc(C)c(C)c1. The lowest BCUT2D eigenvalue weighted by molar-refractivity contribution is -0.117. The van der Waals surface area contributed by atoms with Gasteiger partial charge in [-0.05, 0) is 37.1 Å². The van der Waals surface area contributed by atoms with Crippen LogP contribution in [0, 0.1) is 13.8 Å². The number of benzene rings is 1. The third-order valence-corrected chi connectivity index (χ3v) is 7.57. The van der Waals surface area contributed by atoms with Crippen molar-refractivity contribution in [3.8, 4) is 0 Å². The van der Waals surface area contributed by atoms with E-state index < -0.39 is 9.84 Å². The van der Waals surface area contributed by atoms with Crippen molar-refractivity contribution in [2.24, 2.45) is 4.99 Å². The number of hydrogen-bond donors (Lipinski definition) is 0. The molecule has 5 nitrogen and oxygen atoms in total. The summed E-state index contributed by atoms with van der Waals surface area (Å²) in [5.74, 6) is 0.101. The molecule has 124 valence electrons. The van der Waals surface area contributed by atoms with Crippen molar-refractivity contribution in [2.45, 2.75) is 38.5 Å². The van der Waals surface area contributed by atoms with Gasteiger partial charge in [-0.25, -0.2) is 8.42 Å². The topological polar surface area (TPSA) is 66.8 Å². The Labute approximate surface area is 141 Å². The standard InChI is InChI=1S/C16H20N2O3S2/c1-4-15(19)17-16-18(12-6-5-10(2)11(3)7-12)13-8-23(20,21)9-14(13)22-16/h5-7,13-14H,4,8-9H2,1-3H3/t13-,14+/m1/s1. The summed E-state index contributed by atoms with van der Waals surface area (Å²) in [4.78, 5) is 17.9. The first kappa shape index (κ1) is 16.5. The maximum absolute atomic E-state index is 12.0. The van der Waals surface area contributed by atoms with Gasteiger partial charge in [0.25, 0.3) is 0 Å². The number of anilines is 1. The van der Waals surface area contributed by atoms with Gasteiger partial charge in [0.1, 0.15) is 0 Å². The molecule has 0 bridgehead atoms. The van der Waals surface area contributed by atoms with Gasteiger partial charge in [-0.15, -0.1) is 0 Å². The summed E-state index contributed by atoms with van der Waals surface area (Å²) in [6.07, 6.45) is 0.346. The molecule has 2 aliphatic heterocycles. The Kier molecular flexibility index (Phi) is 4.27. The third kappa shape index (κ3) is 3.17. The van der Waals surface area contributed by atoms with Crippen molar-refractivity contribution in [2.75, 3.05) is 16.4 Å². The molecule has 2 saturated heterocycles. The number of rotatable bonds is 2. The van der Waals surface area contributed by atoms with E-state index in [1.165, 1.54) is 17.3 Å². The molecule has 0 unspecified atom stereocenters. The zero-order valence-electron chi connectivity index (χ0n) is 13.4. The molecule has 0 aromatic heterocycles. The fourth-order valence-electron chi connectivity index (χ4n) is 2.93. The average molecular weight is 352 g/mol. The van der Waals surface area contributed by atoms with Gasteiger partial charge in [-0.1, -0.05) is 24.8 Å². The van der Waals surface area contributed by atoms with Crippen LogP contribution in [-0.2, 0) is 14.6 Å². The van der Waals surface area contributed by atoms with Gasteiger partial charge in [0, 0.05) is 17.4 Å². The quantitative estimate of drug-likeness (QED) is 0.817. The molecule has 0 radical (unpaired) electrons. The summed E-state index contributed by atoms with van der Waals surface area (Å²) in [5.41, 5.74) is 3.23. The average Bonchev–Trinajstić information content (AvgIpc) is 2.93. The second kappa shape index (κ2) is 5.94. The van der Waals surface area contributed by atoms with Gasteiger partial charge in [0.15, 0.2) is 15.0 Å². The van der Waals surface area contributed by atoms with Gasteiger partial charge >= 0.3 is 0 Å². The molecule has 1 amide bonds. The maximum Gasteiger partial charge on any atom is 0.247 e. The molecule has 2 aliphatic rings. The lowest BCUT2D eigenvalue weighted by atomic mass is 10.1. The highest BCUT2D eigenvalue weighted by atomic mass is 32.2. The van der Waals surface area contributed by atoms with Crippen LogP contribution >= 0.6 is 11.8 Å². The van der Waals surface area contributed by atoms with Crippen LogP contribution in [0.1, 0.15) is 24.5 Å². The summed E-state index contributed by atoms with van der Waals surface area (Å²) in [7, 11) is -3.02. The number of sulfone groups is 1. The van der Waals surface area contributed by atoms with Crippen molar-refractivity contribution in [1.29, 1.82) is 0 Å². The number of amidine groups is 1. The minimum absolute atomic E-state index is 0.0509. The Morgan fingerprint density at radius 2 is 2.04 bits per heavy atom. The van der Waals surface area contributed by atoms with E-state index >= 15 is 0 Å². The van der Waals surface area contributed by atoms with Crippen LogP contribution in [-0.4, -0.2) is 42.3 Å². The smallest absolute Gasteiger partial charge is 0.247 e. The molecule has 2 heterocycles. The predicted octanol–water partition coefficient (Wildman–Crippen LogP) is 2.31. The second-order valence-electron chi connectivity index (χ2n) is 6.08. The zero-order valence-corrected chi connectivity index (χ0v) is 15.1. The minimum Gasteiger partial charge on any atom is -0.316 e. The Balaban J connectivity index is 2.04. The van der Waals surface area contributed by atoms with E-state index in [4.69, 9.17) is 0 Å². The van der Waals surface area contributed by atoms with Gasteiger partial charge in [-0.2, -0.15) is 4.99 Å². The van der Waals surface area contributed by atoms with Crippen molar-refractivity contribution < 1.29 is 13.2 Å². The lowest BCUT2D eigenvalue weighted by Gasteiger charge is -2.25. The van der Waals surface area contributed by atoms with Crippen LogP contribution in [0.2, 0.25) is 0 Å². The van der Waals surface area contributed by atoms with E-state index in [-0.39, 0.29) is 28.7 Å². The number of carbonyl (C=O) groups excluding carboxylic acids is 1. The molecule has 23 heavy (non-hydrogen) atoms. The van der Waals surface area contributed by atoms with Crippen molar-refractivity contribution >= 4 is 38.4 Å². The van der Waals surface area contributed by atoms with Crippen molar-refractivity contribution in [3.63, 3.8) is 0 Å². The number of nitrogens with zero attached hydrogens (tertiary/aromatic N) is 2. The first-order valence-electron chi connectivity index (χ1n) is 7.66. The second-order valence-corrected chi connectivity index (χ2v) is 9.44. The molecule has 0 saturated carbocycles. The van der Waals surface area contributed by atoms with Crippen LogP contribution in [0.15, 0.2) is 23.2 Å².